The molecule has 3 rings (SSSR count). The van der Waals surface area contributed by atoms with Crippen molar-refractivity contribution in [3.8, 4) is 16.9 Å². The molecule has 1 unspecified atom stereocenters. The zero-order valence-corrected chi connectivity index (χ0v) is 12.8. The highest BCUT2D eigenvalue weighted by atomic mass is 16.5. The quantitative estimate of drug-likeness (QED) is 0.914. The van der Waals surface area contributed by atoms with Gasteiger partial charge in [0.05, 0.1) is 0 Å². The van der Waals surface area contributed by atoms with Crippen molar-refractivity contribution in [1.82, 2.24) is 10.6 Å². The minimum absolute atomic E-state index is 0.170. The third-order valence-corrected chi connectivity index (χ3v) is 3.86. The molecule has 2 aromatic carbocycles. The fourth-order valence-corrected chi connectivity index (χ4v) is 2.69. The molecule has 1 aliphatic heterocycles. The van der Waals surface area contributed by atoms with Gasteiger partial charge < -0.3 is 15.4 Å². The number of rotatable bonds is 3. The molecular formula is C18H20N2O2. The van der Waals surface area contributed by atoms with Gasteiger partial charge in [-0.3, -0.25) is 0 Å². The van der Waals surface area contributed by atoms with Gasteiger partial charge in [0.15, 0.2) is 0 Å². The molecule has 114 valence electrons. The summed E-state index contributed by atoms with van der Waals surface area (Å²) in [5.41, 5.74) is 4.72. The maximum Gasteiger partial charge on any atom is 0.314 e. The van der Waals surface area contributed by atoms with E-state index in [9.17, 15) is 4.79 Å². The molecule has 1 heterocycles. The summed E-state index contributed by atoms with van der Waals surface area (Å²) < 4.78 is 5.74. The second-order valence-electron chi connectivity index (χ2n) is 5.58. The molecule has 1 atom stereocenters. The van der Waals surface area contributed by atoms with E-state index in [0.29, 0.717) is 6.54 Å². The normalized spacial score (nSPS) is 15.8. The molecule has 2 amide bonds. The lowest BCUT2D eigenvalue weighted by atomic mass is 10.00. The molecule has 0 aromatic heterocycles. The molecule has 0 saturated heterocycles. The molecule has 0 spiro atoms. The number of hydrogen-bond donors (Lipinski definition) is 2. The first-order valence-electron chi connectivity index (χ1n) is 7.50. The van der Waals surface area contributed by atoms with Gasteiger partial charge in [-0.1, -0.05) is 30.3 Å². The molecule has 0 bridgehead atoms. The van der Waals surface area contributed by atoms with Crippen LogP contribution in [-0.2, 0) is 13.0 Å². The van der Waals surface area contributed by atoms with E-state index < -0.39 is 0 Å². The van der Waals surface area contributed by atoms with Gasteiger partial charge >= 0.3 is 6.03 Å². The molecule has 0 radical (unpaired) electrons. The molecule has 4 heteroatoms. The summed E-state index contributed by atoms with van der Waals surface area (Å²) in [5, 5.41) is 5.32. The van der Waals surface area contributed by atoms with E-state index >= 15 is 0 Å². The fraction of sp³-hybridized carbons (Fsp3) is 0.278. The molecular weight excluding hydrogens is 276 g/mol. The van der Waals surface area contributed by atoms with E-state index in [4.69, 9.17) is 4.74 Å². The van der Waals surface area contributed by atoms with Crippen molar-refractivity contribution >= 4 is 6.03 Å². The first-order chi connectivity index (χ1) is 10.7. The summed E-state index contributed by atoms with van der Waals surface area (Å²) >= 11 is 0. The first kappa shape index (κ1) is 14.4. The van der Waals surface area contributed by atoms with Crippen LogP contribution in [0.2, 0.25) is 0 Å². The van der Waals surface area contributed by atoms with Crippen LogP contribution in [0.25, 0.3) is 11.1 Å². The summed E-state index contributed by atoms with van der Waals surface area (Å²) in [7, 11) is 1.61. The Morgan fingerprint density at radius 1 is 1.18 bits per heavy atom. The summed E-state index contributed by atoms with van der Waals surface area (Å²) in [6, 6.07) is 14.4. The average molecular weight is 296 g/mol. The molecule has 2 N–H and O–H groups in total. The molecule has 1 aliphatic rings. The van der Waals surface area contributed by atoms with Gasteiger partial charge in [0.2, 0.25) is 0 Å². The zero-order chi connectivity index (χ0) is 15.5. The van der Waals surface area contributed by atoms with Crippen LogP contribution < -0.4 is 15.4 Å². The topological polar surface area (TPSA) is 50.4 Å². The summed E-state index contributed by atoms with van der Waals surface area (Å²) in [6.07, 6.45) is 1.24. The van der Waals surface area contributed by atoms with Gasteiger partial charge in [-0.2, -0.15) is 0 Å². The Morgan fingerprint density at radius 3 is 2.64 bits per heavy atom. The lowest BCUT2D eigenvalue weighted by Gasteiger charge is -2.07. The van der Waals surface area contributed by atoms with Crippen LogP contribution in [0, 0.1) is 0 Å². The third-order valence-electron chi connectivity index (χ3n) is 3.86. The van der Waals surface area contributed by atoms with Crippen molar-refractivity contribution in [2.45, 2.75) is 26.0 Å². The fourth-order valence-electron chi connectivity index (χ4n) is 2.69. The Hall–Kier alpha value is -2.49. The van der Waals surface area contributed by atoms with Crippen LogP contribution in [0.4, 0.5) is 4.79 Å². The highest BCUT2D eigenvalue weighted by Crippen LogP contribution is 2.32. The number of carbonyl (C=O) groups excluding carboxylic acids is 1. The molecule has 0 saturated carbocycles. The minimum Gasteiger partial charge on any atom is -0.490 e. The third kappa shape index (κ3) is 3.06. The monoisotopic (exact) mass is 296 g/mol. The van der Waals surface area contributed by atoms with Crippen molar-refractivity contribution in [1.29, 1.82) is 0 Å². The highest BCUT2D eigenvalue weighted by Gasteiger charge is 2.19. The van der Waals surface area contributed by atoms with Crippen LogP contribution >= 0.6 is 0 Å². The van der Waals surface area contributed by atoms with Crippen molar-refractivity contribution in [2.24, 2.45) is 0 Å². The Morgan fingerprint density at radius 2 is 1.91 bits per heavy atom. The minimum atomic E-state index is -0.170. The summed E-state index contributed by atoms with van der Waals surface area (Å²) in [5.74, 6) is 1.00. The van der Waals surface area contributed by atoms with Crippen molar-refractivity contribution in [3.63, 3.8) is 0 Å². The van der Waals surface area contributed by atoms with Crippen molar-refractivity contribution in [3.05, 3.63) is 53.6 Å². The Bertz CT molecular complexity index is 680. The predicted molar refractivity (Wildman–Crippen MR) is 87.0 cm³/mol. The number of amides is 2. The number of hydrogen-bond acceptors (Lipinski definition) is 2. The summed E-state index contributed by atoms with van der Waals surface area (Å²) in [4.78, 5) is 11.2. The number of benzene rings is 2. The van der Waals surface area contributed by atoms with Gasteiger partial charge in [-0.05, 0) is 41.3 Å². The second-order valence-corrected chi connectivity index (χ2v) is 5.58. The lowest BCUT2D eigenvalue weighted by molar-refractivity contribution is 0.242. The Kier molecular flexibility index (Phi) is 4.00. The number of fused-ring (bicyclic) bond motifs is 1. The first-order valence-corrected chi connectivity index (χ1v) is 7.50. The number of nitrogens with one attached hydrogen (secondary N) is 2. The predicted octanol–water partition coefficient (Wildman–Crippen LogP) is 3.11. The van der Waals surface area contributed by atoms with Gasteiger partial charge in [-0.15, -0.1) is 0 Å². The van der Waals surface area contributed by atoms with Crippen LogP contribution in [0.1, 0.15) is 18.1 Å². The highest BCUT2D eigenvalue weighted by molar-refractivity contribution is 5.73. The van der Waals surface area contributed by atoms with E-state index in [1.807, 2.05) is 12.1 Å². The van der Waals surface area contributed by atoms with Crippen molar-refractivity contribution in [2.75, 3.05) is 7.05 Å². The van der Waals surface area contributed by atoms with Crippen LogP contribution in [0.5, 0.6) is 5.75 Å². The van der Waals surface area contributed by atoms with Crippen molar-refractivity contribution < 1.29 is 9.53 Å². The van der Waals surface area contributed by atoms with Crippen LogP contribution in [-0.4, -0.2) is 19.2 Å². The molecule has 22 heavy (non-hydrogen) atoms. The van der Waals surface area contributed by atoms with E-state index in [2.05, 4.69) is 47.9 Å². The molecule has 2 aromatic rings. The van der Waals surface area contributed by atoms with E-state index in [-0.39, 0.29) is 12.1 Å². The Labute approximate surface area is 130 Å². The summed E-state index contributed by atoms with van der Waals surface area (Å²) in [6.45, 7) is 2.61. The van der Waals surface area contributed by atoms with Gasteiger partial charge in [0, 0.05) is 20.0 Å². The maximum absolute atomic E-state index is 11.2. The van der Waals surface area contributed by atoms with Crippen LogP contribution in [0.15, 0.2) is 42.5 Å². The van der Waals surface area contributed by atoms with E-state index in [1.54, 1.807) is 7.05 Å². The number of ether oxygens (including phenoxy) is 1. The van der Waals surface area contributed by atoms with Gasteiger partial charge in [0.1, 0.15) is 11.9 Å². The largest absolute Gasteiger partial charge is 0.490 e. The smallest absolute Gasteiger partial charge is 0.314 e. The number of urea groups is 1. The number of carbonyl (C=O) groups is 1. The lowest BCUT2D eigenvalue weighted by Crippen LogP contribution is -2.32. The Balaban J connectivity index is 1.73. The van der Waals surface area contributed by atoms with Gasteiger partial charge in [-0.25, -0.2) is 4.79 Å². The van der Waals surface area contributed by atoms with E-state index in [1.165, 1.54) is 16.7 Å². The maximum atomic E-state index is 11.2. The molecule has 0 aliphatic carbocycles. The SMILES string of the molecule is CNC(=O)NCc1ccc(-c2ccc3c(c2)CC(C)O3)cc1. The van der Waals surface area contributed by atoms with Gasteiger partial charge in [0.25, 0.3) is 0 Å². The van der Waals surface area contributed by atoms with Crippen LogP contribution in [0.3, 0.4) is 0 Å². The van der Waals surface area contributed by atoms with E-state index in [0.717, 1.165) is 17.7 Å². The zero-order valence-electron chi connectivity index (χ0n) is 12.8. The second kappa shape index (κ2) is 6.10. The standard InChI is InChI=1S/C18H20N2O2/c1-12-9-16-10-15(7-8-17(16)22-12)14-5-3-13(4-6-14)11-20-18(21)19-2/h3-8,10,12H,9,11H2,1-2H3,(H2,19,20,21). The molecule has 0 fully saturated rings. The molecule has 4 nitrogen and oxygen atoms in total. The average Bonchev–Trinajstić information content (AvgIpc) is 2.92.